The molecular formula is C87H140O5. The highest BCUT2D eigenvalue weighted by atomic mass is 16.6. The van der Waals surface area contributed by atoms with E-state index < -0.39 is 6.10 Å². The van der Waals surface area contributed by atoms with Crippen molar-refractivity contribution in [2.75, 3.05) is 13.2 Å². The Morgan fingerprint density at radius 1 is 0.250 bits per heavy atom. The molecule has 0 aliphatic heterocycles. The molecule has 5 nitrogen and oxygen atoms in total. The summed E-state index contributed by atoms with van der Waals surface area (Å²) >= 11 is 0. The van der Waals surface area contributed by atoms with E-state index in [-0.39, 0.29) is 31.6 Å². The van der Waals surface area contributed by atoms with Gasteiger partial charge >= 0.3 is 11.9 Å². The van der Waals surface area contributed by atoms with E-state index in [2.05, 4.69) is 208 Å². The maximum Gasteiger partial charge on any atom is 0.306 e. The fourth-order valence-corrected chi connectivity index (χ4v) is 10.3. The summed E-state index contributed by atoms with van der Waals surface area (Å²) < 4.78 is 10.7. The van der Waals surface area contributed by atoms with E-state index >= 15 is 0 Å². The first-order chi connectivity index (χ1) is 45.6. The number of aliphatic hydroxyl groups is 1. The van der Waals surface area contributed by atoms with Crippen molar-refractivity contribution in [3.8, 4) is 0 Å². The first-order valence-corrected chi connectivity index (χ1v) is 38.0. The lowest BCUT2D eigenvalue weighted by molar-refractivity contribution is -0.161. The second kappa shape index (κ2) is 80.0. The van der Waals surface area contributed by atoms with Crippen LogP contribution >= 0.6 is 0 Å². The van der Waals surface area contributed by atoms with E-state index in [1.807, 2.05) is 0 Å². The molecule has 0 aromatic rings. The van der Waals surface area contributed by atoms with Crippen LogP contribution in [0.3, 0.4) is 0 Å². The molecule has 1 N–H and O–H groups in total. The fourth-order valence-electron chi connectivity index (χ4n) is 10.3. The monoisotopic (exact) mass is 1270 g/mol. The fraction of sp³-hybridized carbons (Fsp3) is 0.609. The zero-order valence-electron chi connectivity index (χ0n) is 59.5. The molecule has 0 bridgehead atoms. The molecule has 0 aromatic heterocycles. The Labute approximate surface area is 568 Å². The van der Waals surface area contributed by atoms with Gasteiger partial charge in [0.05, 0.1) is 6.61 Å². The van der Waals surface area contributed by atoms with Crippen LogP contribution < -0.4 is 0 Å². The first-order valence-electron chi connectivity index (χ1n) is 38.0. The highest BCUT2D eigenvalue weighted by Crippen LogP contribution is 2.17. The Bertz CT molecular complexity index is 2070. The van der Waals surface area contributed by atoms with Crippen molar-refractivity contribution in [1.82, 2.24) is 0 Å². The Morgan fingerprint density at radius 2 is 0.435 bits per heavy atom. The Hall–Kier alpha value is -5.26. The highest BCUT2D eigenvalue weighted by molar-refractivity contribution is 5.70. The second-order valence-corrected chi connectivity index (χ2v) is 24.6. The van der Waals surface area contributed by atoms with Crippen molar-refractivity contribution in [3.63, 3.8) is 0 Å². The van der Waals surface area contributed by atoms with Gasteiger partial charge in [-0.2, -0.15) is 0 Å². The smallest absolute Gasteiger partial charge is 0.306 e. The van der Waals surface area contributed by atoms with Crippen LogP contribution in [-0.4, -0.2) is 36.4 Å². The summed E-state index contributed by atoms with van der Waals surface area (Å²) in [7, 11) is 0. The van der Waals surface area contributed by atoms with E-state index in [0.29, 0.717) is 12.8 Å². The molecule has 1 unspecified atom stereocenters. The maximum atomic E-state index is 12.4. The number of esters is 2. The van der Waals surface area contributed by atoms with Crippen LogP contribution in [0.4, 0.5) is 0 Å². The Balaban J connectivity index is 3.57. The summed E-state index contributed by atoms with van der Waals surface area (Å²) in [6, 6.07) is 0. The average molecular weight is 1270 g/mol. The number of ether oxygens (including phenoxy) is 2. The number of unbranched alkanes of at least 4 members (excludes halogenated alkanes) is 28. The van der Waals surface area contributed by atoms with Gasteiger partial charge in [-0.3, -0.25) is 9.59 Å². The number of hydrogen-bond acceptors (Lipinski definition) is 5. The quantitative estimate of drug-likeness (QED) is 0.0373. The summed E-state index contributed by atoms with van der Waals surface area (Å²) in [6.45, 7) is 3.89. The normalized spacial score (nSPS) is 13.4. The van der Waals surface area contributed by atoms with Gasteiger partial charge in [-0.05, 0) is 141 Å². The minimum atomic E-state index is -0.809. The van der Waals surface area contributed by atoms with Crippen molar-refractivity contribution in [3.05, 3.63) is 194 Å². The minimum absolute atomic E-state index is 0.0918. The van der Waals surface area contributed by atoms with E-state index in [9.17, 15) is 14.7 Å². The van der Waals surface area contributed by atoms with Crippen molar-refractivity contribution >= 4 is 11.9 Å². The van der Waals surface area contributed by atoms with Crippen molar-refractivity contribution in [2.24, 2.45) is 0 Å². The molecule has 0 fully saturated rings. The summed E-state index contributed by atoms with van der Waals surface area (Å²) in [5.41, 5.74) is 0. The predicted molar refractivity (Wildman–Crippen MR) is 407 cm³/mol. The summed E-state index contributed by atoms with van der Waals surface area (Å²) in [4.78, 5) is 24.7. The second-order valence-electron chi connectivity index (χ2n) is 24.6. The van der Waals surface area contributed by atoms with Crippen LogP contribution in [0.15, 0.2) is 194 Å². The van der Waals surface area contributed by atoms with Crippen LogP contribution in [0.25, 0.3) is 0 Å². The van der Waals surface area contributed by atoms with Gasteiger partial charge in [0.2, 0.25) is 0 Å². The molecule has 0 amide bonds. The third kappa shape index (κ3) is 77.2. The molecule has 0 heterocycles. The molecule has 5 heteroatoms. The lowest BCUT2D eigenvalue weighted by Gasteiger charge is -2.15. The van der Waals surface area contributed by atoms with E-state index in [0.717, 1.165) is 135 Å². The van der Waals surface area contributed by atoms with Crippen LogP contribution in [-0.2, 0) is 19.1 Å². The highest BCUT2D eigenvalue weighted by Gasteiger charge is 2.16. The predicted octanol–water partition coefficient (Wildman–Crippen LogP) is 27.1. The molecule has 0 aromatic carbocycles. The third-order valence-corrected chi connectivity index (χ3v) is 15.9. The first kappa shape index (κ1) is 86.7. The van der Waals surface area contributed by atoms with E-state index in [1.54, 1.807) is 0 Å². The van der Waals surface area contributed by atoms with Gasteiger partial charge in [0.15, 0.2) is 6.10 Å². The molecule has 0 radical (unpaired) electrons. The van der Waals surface area contributed by atoms with Gasteiger partial charge in [0.25, 0.3) is 0 Å². The van der Waals surface area contributed by atoms with Gasteiger partial charge in [-0.15, -0.1) is 0 Å². The topological polar surface area (TPSA) is 72.8 Å². The third-order valence-electron chi connectivity index (χ3n) is 15.9. The lowest BCUT2D eigenvalue weighted by Crippen LogP contribution is -2.28. The van der Waals surface area contributed by atoms with Crippen LogP contribution in [0, 0.1) is 0 Å². The molecule has 518 valence electrons. The zero-order valence-corrected chi connectivity index (χ0v) is 59.5. The molecule has 0 saturated carbocycles. The molecule has 0 spiro atoms. The molecule has 1 atom stereocenters. The molecule has 0 aliphatic carbocycles. The summed E-state index contributed by atoms with van der Waals surface area (Å²) in [5, 5.41) is 9.71. The van der Waals surface area contributed by atoms with Gasteiger partial charge in [0, 0.05) is 12.8 Å². The Kier molecular flexibility index (Phi) is 75.4. The van der Waals surface area contributed by atoms with Crippen molar-refractivity contribution in [2.45, 2.75) is 328 Å². The number of carbonyl (C=O) groups excluding carboxylic acids is 2. The maximum absolute atomic E-state index is 12.4. The number of hydrogen-bond donors (Lipinski definition) is 1. The van der Waals surface area contributed by atoms with Crippen LogP contribution in [0.2, 0.25) is 0 Å². The SMILES string of the molecule is CC/C=C\C/C=C\C/C=C\C/C=C\C/C=C\C/C=C\C/C=C\C/C=C\C/C=C\C/C=C\C/C=C\C/C=C\CCCCC(=O)OC(CO)COC(=O)CCCCCCCCCCCCCCCCCCCCCCCCCCCC/C=C\C/C=C\C/C=C\C/C=C\CC. The molecule has 92 heavy (non-hydrogen) atoms. The average Bonchev–Trinajstić information content (AvgIpc) is 3.75. The van der Waals surface area contributed by atoms with E-state index in [1.165, 1.54) is 154 Å². The van der Waals surface area contributed by atoms with Crippen LogP contribution in [0.5, 0.6) is 0 Å². The Morgan fingerprint density at radius 3 is 0.674 bits per heavy atom. The molecule has 0 rings (SSSR count). The number of rotatable bonds is 68. The minimum Gasteiger partial charge on any atom is -0.462 e. The van der Waals surface area contributed by atoms with E-state index in [4.69, 9.17) is 9.47 Å². The number of carbonyl (C=O) groups is 2. The molecule has 0 aliphatic rings. The summed E-state index contributed by atoms with van der Waals surface area (Å²) in [6.07, 6.45) is 126. The lowest BCUT2D eigenvalue weighted by atomic mass is 10.0. The largest absolute Gasteiger partial charge is 0.462 e. The molecule has 0 saturated heterocycles. The number of aliphatic hydroxyl groups excluding tert-OH is 1. The standard InChI is InChI=1S/C87H140O5/c1-3-5-7-9-11-13-15-17-19-21-23-25-27-29-31-33-35-37-39-41-43-45-47-49-51-53-55-57-59-61-63-65-67-69-71-73-75-77-79-81-86(89)91-84-85(83-88)92-87(90)82-80-78-76-74-72-70-68-66-64-62-60-58-56-54-52-50-48-46-44-42-40-38-36-34-32-30-28-26-24-22-20-18-16-14-12-10-8-6-4-2/h5-8,11-14,17-20,23-26,30,32,36,38,42,44,48,50,54,56,60,62,66,68,72,74,85,88H,3-4,9-10,15-16,21-22,27-29,31,33-35,37,39-41,43,45-47,49,51-53,55,57-59,61,63-65,67,69-71,73,75-84H2,1-2H3/b7-5-,8-6-,13-11-,14-12-,19-17-,20-18-,25-23-,26-24-,32-30-,38-36-,44-42-,50-48-,56-54-,62-60-,68-66-,74-72-. The van der Waals surface area contributed by atoms with Gasteiger partial charge in [-0.25, -0.2) is 0 Å². The van der Waals surface area contributed by atoms with Crippen LogP contribution in [0.1, 0.15) is 322 Å². The van der Waals surface area contributed by atoms with Crippen molar-refractivity contribution < 1.29 is 24.2 Å². The molecular weight excluding hydrogens is 1120 g/mol. The van der Waals surface area contributed by atoms with Gasteiger partial charge < -0.3 is 14.6 Å². The number of allylic oxidation sites excluding steroid dienone is 32. The zero-order chi connectivity index (χ0) is 66.1. The van der Waals surface area contributed by atoms with Gasteiger partial charge in [0.1, 0.15) is 6.61 Å². The van der Waals surface area contributed by atoms with Gasteiger partial charge in [-0.1, -0.05) is 362 Å². The van der Waals surface area contributed by atoms with Crippen molar-refractivity contribution in [1.29, 1.82) is 0 Å². The summed E-state index contributed by atoms with van der Waals surface area (Å²) in [5.74, 6) is -0.643.